The fourth-order valence-corrected chi connectivity index (χ4v) is 4.85. The quantitative estimate of drug-likeness (QED) is 0.782. The van der Waals surface area contributed by atoms with Crippen LogP contribution in [0.15, 0.2) is 0 Å². The van der Waals surface area contributed by atoms with Crippen LogP contribution < -0.4 is 5.32 Å². The van der Waals surface area contributed by atoms with Crippen LogP contribution in [0.3, 0.4) is 0 Å². The number of carbonyl (C=O) groups is 1. The van der Waals surface area contributed by atoms with E-state index in [0.29, 0.717) is 6.04 Å². The van der Waals surface area contributed by atoms with Crippen molar-refractivity contribution in [2.45, 2.75) is 49.4 Å². The molecule has 2 rings (SSSR count). The van der Waals surface area contributed by atoms with E-state index in [1.807, 2.05) is 4.90 Å². The average Bonchev–Trinajstić information content (AvgIpc) is 2.88. The smallest absolute Gasteiger partial charge is 0.248 e. The van der Waals surface area contributed by atoms with Crippen LogP contribution in [0.2, 0.25) is 0 Å². The van der Waals surface area contributed by atoms with Gasteiger partial charge in [0, 0.05) is 38.5 Å². The van der Waals surface area contributed by atoms with E-state index in [-0.39, 0.29) is 23.8 Å². The highest BCUT2D eigenvalue weighted by molar-refractivity contribution is 7.91. The number of nitrogens with zero attached hydrogens (tertiary/aromatic N) is 1. The zero-order valence-corrected chi connectivity index (χ0v) is 13.7. The van der Waals surface area contributed by atoms with Gasteiger partial charge < -0.3 is 15.0 Å². The van der Waals surface area contributed by atoms with Gasteiger partial charge in [0.2, 0.25) is 5.91 Å². The molecule has 1 N–H and O–H groups in total. The number of piperidine rings is 1. The van der Waals surface area contributed by atoms with Crippen LogP contribution in [0.1, 0.15) is 32.1 Å². The Hall–Kier alpha value is -0.660. The lowest BCUT2D eigenvalue weighted by atomic mass is 10.0. The average molecular weight is 318 g/mol. The lowest BCUT2D eigenvalue weighted by Crippen LogP contribution is -2.51. The summed E-state index contributed by atoms with van der Waals surface area (Å²) in [6.45, 7) is 1.57. The van der Waals surface area contributed by atoms with Gasteiger partial charge in [0.1, 0.15) is 6.61 Å². The Morgan fingerprint density at radius 1 is 1.24 bits per heavy atom. The van der Waals surface area contributed by atoms with E-state index < -0.39 is 9.84 Å². The number of rotatable bonds is 5. The fourth-order valence-electron chi connectivity index (χ4n) is 3.44. The predicted molar refractivity (Wildman–Crippen MR) is 80.9 cm³/mol. The van der Waals surface area contributed by atoms with Crippen LogP contribution in [-0.2, 0) is 19.4 Å². The largest absolute Gasteiger partial charge is 0.375 e. The third kappa shape index (κ3) is 4.40. The molecule has 2 aliphatic rings. The molecule has 1 amide bonds. The maximum absolute atomic E-state index is 11.8. The maximum Gasteiger partial charge on any atom is 0.248 e. The molecule has 0 aromatic heterocycles. The zero-order chi connectivity index (χ0) is 15.5. The van der Waals surface area contributed by atoms with Gasteiger partial charge in [0.05, 0.1) is 5.25 Å². The van der Waals surface area contributed by atoms with Crippen molar-refractivity contribution in [1.82, 2.24) is 10.2 Å². The molecule has 1 aliphatic carbocycles. The van der Waals surface area contributed by atoms with Gasteiger partial charge in [-0.05, 0) is 25.7 Å². The van der Waals surface area contributed by atoms with Gasteiger partial charge in [0.25, 0.3) is 0 Å². The lowest BCUT2D eigenvalue weighted by molar-refractivity contribution is -0.136. The molecule has 2 fully saturated rings. The van der Waals surface area contributed by atoms with Crippen LogP contribution in [0.4, 0.5) is 0 Å². The van der Waals surface area contributed by atoms with Crippen molar-refractivity contribution in [3.63, 3.8) is 0 Å². The molecule has 1 saturated carbocycles. The molecule has 1 heterocycles. The minimum absolute atomic E-state index is 0.0332. The van der Waals surface area contributed by atoms with Gasteiger partial charge in [-0.3, -0.25) is 4.79 Å². The number of nitrogens with one attached hydrogen (secondary N) is 1. The summed E-state index contributed by atoms with van der Waals surface area (Å²) in [6.07, 6.45) is 5.76. The zero-order valence-electron chi connectivity index (χ0n) is 12.9. The molecule has 0 radical (unpaired) electrons. The lowest BCUT2D eigenvalue weighted by Gasteiger charge is -2.34. The Kier molecular flexibility index (Phi) is 5.62. The molecule has 1 saturated heterocycles. The Bertz CT molecular complexity index is 458. The highest BCUT2D eigenvalue weighted by Gasteiger charge is 2.36. The van der Waals surface area contributed by atoms with Crippen molar-refractivity contribution in [2.75, 3.05) is 33.1 Å². The van der Waals surface area contributed by atoms with Crippen LogP contribution in [-0.4, -0.2) is 69.6 Å². The summed E-state index contributed by atoms with van der Waals surface area (Å²) in [5.74, 6) is 0.0332. The molecule has 122 valence electrons. The van der Waals surface area contributed by atoms with E-state index in [2.05, 4.69) is 5.32 Å². The van der Waals surface area contributed by atoms with Gasteiger partial charge in [-0.2, -0.15) is 0 Å². The Morgan fingerprint density at radius 2 is 1.90 bits per heavy atom. The first kappa shape index (κ1) is 16.7. The van der Waals surface area contributed by atoms with Crippen LogP contribution in [0.5, 0.6) is 0 Å². The van der Waals surface area contributed by atoms with Crippen molar-refractivity contribution in [1.29, 1.82) is 0 Å². The molecule has 0 aromatic rings. The van der Waals surface area contributed by atoms with Crippen LogP contribution in [0, 0.1) is 0 Å². The van der Waals surface area contributed by atoms with Gasteiger partial charge in [-0.1, -0.05) is 6.42 Å². The van der Waals surface area contributed by atoms with Crippen molar-refractivity contribution in [3.8, 4) is 0 Å². The summed E-state index contributed by atoms with van der Waals surface area (Å²) in [7, 11) is -1.45. The number of sulfone groups is 1. The second-order valence-corrected chi connectivity index (χ2v) is 8.42. The molecule has 7 heteroatoms. The predicted octanol–water partition coefficient (Wildman–Crippen LogP) is 0.179. The topological polar surface area (TPSA) is 75.7 Å². The van der Waals surface area contributed by atoms with Crippen molar-refractivity contribution in [3.05, 3.63) is 0 Å². The number of likely N-dealkylation sites (tertiary alicyclic amines) is 1. The molecule has 6 nitrogen and oxygen atoms in total. The summed E-state index contributed by atoms with van der Waals surface area (Å²) >= 11 is 0. The van der Waals surface area contributed by atoms with Crippen molar-refractivity contribution in [2.24, 2.45) is 0 Å². The number of ether oxygens (including phenoxy) is 1. The van der Waals surface area contributed by atoms with Crippen LogP contribution in [0.25, 0.3) is 0 Å². The summed E-state index contributed by atoms with van der Waals surface area (Å²) in [5, 5.41) is 3.27. The molecule has 21 heavy (non-hydrogen) atoms. The van der Waals surface area contributed by atoms with Crippen LogP contribution >= 0.6 is 0 Å². The summed E-state index contributed by atoms with van der Waals surface area (Å²) in [4.78, 5) is 13.6. The van der Waals surface area contributed by atoms with Gasteiger partial charge in [0.15, 0.2) is 9.84 Å². The molecule has 0 aromatic carbocycles. The first-order valence-corrected chi connectivity index (χ1v) is 9.59. The van der Waals surface area contributed by atoms with Crippen molar-refractivity contribution >= 4 is 15.7 Å². The highest BCUT2D eigenvalue weighted by atomic mass is 32.2. The SMILES string of the molecule is COCC(=O)N1CCC(NC2CCCC2S(C)(=O)=O)CC1. The van der Waals surface area contributed by atoms with Gasteiger partial charge in [-0.25, -0.2) is 8.42 Å². The Morgan fingerprint density at radius 3 is 2.48 bits per heavy atom. The molecule has 2 atom stereocenters. The number of hydrogen-bond donors (Lipinski definition) is 1. The molecular formula is C14H26N2O4S. The number of hydrogen-bond acceptors (Lipinski definition) is 5. The van der Waals surface area contributed by atoms with E-state index >= 15 is 0 Å². The second kappa shape index (κ2) is 7.07. The van der Waals surface area contributed by atoms with E-state index in [0.717, 1.165) is 45.2 Å². The number of amides is 1. The summed E-state index contributed by atoms with van der Waals surface area (Å²) < 4.78 is 28.5. The third-order valence-corrected chi connectivity index (χ3v) is 6.23. The van der Waals surface area contributed by atoms with E-state index in [9.17, 15) is 13.2 Å². The number of carbonyl (C=O) groups excluding carboxylic acids is 1. The van der Waals surface area contributed by atoms with Gasteiger partial charge in [-0.15, -0.1) is 0 Å². The maximum atomic E-state index is 11.8. The summed E-state index contributed by atoms with van der Waals surface area (Å²) in [6, 6.07) is 0.384. The molecule has 0 spiro atoms. The highest BCUT2D eigenvalue weighted by Crippen LogP contribution is 2.26. The Labute approximate surface area is 127 Å². The third-order valence-electron chi connectivity index (χ3n) is 4.57. The standard InChI is InChI=1S/C14H26N2O4S/c1-20-10-14(17)16-8-6-11(7-9-16)15-12-4-3-5-13(12)21(2,18)19/h11-13,15H,3-10H2,1-2H3. The van der Waals surface area contributed by atoms with E-state index in [4.69, 9.17) is 4.74 Å². The molecule has 1 aliphatic heterocycles. The number of methoxy groups -OCH3 is 1. The first-order chi connectivity index (χ1) is 9.91. The minimum Gasteiger partial charge on any atom is -0.375 e. The van der Waals surface area contributed by atoms with E-state index in [1.54, 1.807) is 0 Å². The first-order valence-electron chi connectivity index (χ1n) is 7.63. The van der Waals surface area contributed by atoms with E-state index in [1.165, 1.54) is 13.4 Å². The molecule has 0 bridgehead atoms. The normalized spacial score (nSPS) is 28.0. The van der Waals surface area contributed by atoms with Crippen molar-refractivity contribution < 1.29 is 17.9 Å². The monoisotopic (exact) mass is 318 g/mol. The molecular weight excluding hydrogens is 292 g/mol. The second-order valence-electron chi connectivity index (χ2n) is 6.16. The summed E-state index contributed by atoms with van der Waals surface area (Å²) in [5.41, 5.74) is 0. The molecule has 2 unspecified atom stereocenters. The Balaban J connectivity index is 1.82. The fraction of sp³-hybridized carbons (Fsp3) is 0.929. The minimum atomic E-state index is -2.98. The van der Waals surface area contributed by atoms with Gasteiger partial charge >= 0.3 is 0 Å².